The summed E-state index contributed by atoms with van der Waals surface area (Å²) in [5.74, 6) is -0.0627. The molecule has 0 aliphatic rings. The summed E-state index contributed by atoms with van der Waals surface area (Å²) in [6.07, 6.45) is -1.74. The zero-order valence-electron chi connectivity index (χ0n) is 7.06. The second-order valence-corrected chi connectivity index (χ2v) is 3.07. The van der Waals surface area contributed by atoms with Gasteiger partial charge in [0, 0.05) is 0 Å². The molecule has 0 radical (unpaired) electrons. The van der Waals surface area contributed by atoms with Gasteiger partial charge in [-0.3, -0.25) is 0 Å². The summed E-state index contributed by atoms with van der Waals surface area (Å²) in [5, 5.41) is 20.9. The molecule has 4 heteroatoms. The normalized spacial score (nSPS) is 19.5. The number of aliphatic hydroxyl groups excluding tert-OH is 2. The molecule has 0 aromatic heterocycles. The van der Waals surface area contributed by atoms with E-state index in [4.69, 9.17) is 5.11 Å². The highest BCUT2D eigenvalue weighted by Gasteiger charge is 2.27. The first-order chi connectivity index (χ1) is 5.00. The van der Waals surface area contributed by atoms with E-state index in [2.05, 4.69) is 5.18 Å². The minimum absolute atomic E-state index is 0.0627. The van der Waals surface area contributed by atoms with E-state index in [0.29, 0.717) is 0 Å². The fourth-order valence-electron chi connectivity index (χ4n) is 0.830. The van der Waals surface area contributed by atoms with E-state index in [0.717, 1.165) is 0 Å². The van der Waals surface area contributed by atoms with Crippen LogP contribution in [0, 0.1) is 10.8 Å². The standard InChI is InChI=1S/C7H15NO3/c1-4(2)7(10)6(8-11)5(3)9/h4-7,9-10H,1-3H3. The number of nitroso groups, excluding NO2 is 1. The topological polar surface area (TPSA) is 69.9 Å². The molecular weight excluding hydrogens is 146 g/mol. The molecule has 0 aromatic rings. The molecule has 2 N–H and O–H groups in total. The predicted octanol–water partition coefficient (Wildman–Crippen LogP) is 0.519. The van der Waals surface area contributed by atoms with Crippen LogP contribution in [0.4, 0.5) is 0 Å². The number of hydrogen-bond donors (Lipinski definition) is 2. The van der Waals surface area contributed by atoms with Gasteiger partial charge in [0.25, 0.3) is 0 Å². The number of nitrogens with zero attached hydrogens (tertiary/aromatic N) is 1. The third-order valence-corrected chi connectivity index (χ3v) is 1.65. The lowest BCUT2D eigenvalue weighted by Crippen LogP contribution is -2.37. The summed E-state index contributed by atoms with van der Waals surface area (Å²) in [6.45, 7) is 4.98. The monoisotopic (exact) mass is 161 g/mol. The molecule has 0 spiro atoms. The molecule has 4 nitrogen and oxygen atoms in total. The Morgan fingerprint density at radius 1 is 1.18 bits per heavy atom. The molecule has 3 atom stereocenters. The number of rotatable bonds is 4. The van der Waals surface area contributed by atoms with Crippen LogP contribution in [0.15, 0.2) is 5.18 Å². The van der Waals surface area contributed by atoms with E-state index in [9.17, 15) is 10.0 Å². The van der Waals surface area contributed by atoms with E-state index in [1.165, 1.54) is 6.92 Å². The maximum absolute atomic E-state index is 10.1. The average molecular weight is 161 g/mol. The van der Waals surface area contributed by atoms with Crippen molar-refractivity contribution in [1.82, 2.24) is 0 Å². The van der Waals surface area contributed by atoms with Crippen molar-refractivity contribution in [3.63, 3.8) is 0 Å². The third-order valence-electron chi connectivity index (χ3n) is 1.65. The van der Waals surface area contributed by atoms with Gasteiger partial charge in [0.1, 0.15) is 6.04 Å². The van der Waals surface area contributed by atoms with Crippen molar-refractivity contribution >= 4 is 0 Å². The maximum atomic E-state index is 10.1. The SMILES string of the molecule is CC(C)C(O)C(N=O)C(C)O. The summed E-state index contributed by atoms with van der Waals surface area (Å²) in [4.78, 5) is 10.1. The van der Waals surface area contributed by atoms with Crippen LogP contribution < -0.4 is 0 Å². The van der Waals surface area contributed by atoms with Gasteiger partial charge < -0.3 is 10.2 Å². The molecule has 3 unspecified atom stereocenters. The van der Waals surface area contributed by atoms with Crippen molar-refractivity contribution in [3.8, 4) is 0 Å². The molecule has 0 saturated heterocycles. The van der Waals surface area contributed by atoms with Gasteiger partial charge in [0.05, 0.1) is 12.2 Å². The van der Waals surface area contributed by atoms with E-state index < -0.39 is 18.2 Å². The second kappa shape index (κ2) is 4.41. The van der Waals surface area contributed by atoms with Gasteiger partial charge in [-0.2, -0.15) is 4.91 Å². The van der Waals surface area contributed by atoms with Gasteiger partial charge in [-0.1, -0.05) is 19.0 Å². The minimum Gasteiger partial charge on any atom is -0.391 e. The number of aliphatic hydroxyl groups is 2. The Kier molecular flexibility index (Phi) is 4.22. The van der Waals surface area contributed by atoms with Crippen molar-refractivity contribution in [2.45, 2.75) is 39.0 Å². The fourth-order valence-corrected chi connectivity index (χ4v) is 0.830. The van der Waals surface area contributed by atoms with Gasteiger partial charge >= 0.3 is 0 Å². The maximum Gasteiger partial charge on any atom is 0.143 e. The van der Waals surface area contributed by atoms with Crippen LogP contribution in [0.25, 0.3) is 0 Å². The van der Waals surface area contributed by atoms with Crippen molar-refractivity contribution in [2.75, 3.05) is 0 Å². The fraction of sp³-hybridized carbons (Fsp3) is 1.00. The average Bonchev–Trinajstić information content (AvgIpc) is 1.88. The second-order valence-electron chi connectivity index (χ2n) is 3.07. The third kappa shape index (κ3) is 2.95. The first-order valence-electron chi connectivity index (χ1n) is 3.69. The lowest BCUT2D eigenvalue weighted by atomic mass is 9.97. The molecule has 0 amide bonds. The van der Waals surface area contributed by atoms with Crippen LogP contribution in [0.3, 0.4) is 0 Å². The Hall–Kier alpha value is -0.480. The van der Waals surface area contributed by atoms with Crippen molar-refractivity contribution in [2.24, 2.45) is 11.1 Å². The summed E-state index contributed by atoms with van der Waals surface area (Å²) in [6, 6.07) is -0.907. The van der Waals surface area contributed by atoms with Crippen molar-refractivity contribution in [1.29, 1.82) is 0 Å². The van der Waals surface area contributed by atoms with Crippen LogP contribution in [0.2, 0.25) is 0 Å². The highest BCUT2D eigenvalue weighted by atomic mass is 16.3. The Morgan fingerprint density at radius 2 is 1.64 bits per heavy atom. The van der Waals surface area contributed by atoms with Gasteiger partial charge in [0.15, 0.2) is 0 Å². The smallest absolute Gasteiger partial charge is 0.143 e. The first kappa shape index (κ1) is 10.5. The molecule has 0 aromatic carbocycles. The Balaban J connectivity index is 4.13. The molecule has 66 valence electrons. The Bertz CT molecular complexity index is 125. The Labute approximate surface area is 66.2 Å². The summed E-state index contributed by atoms with van der Waals surface area (Å²) in [7, 11) is 0. The van der Waals surface area contributed by atoms with Crippen molar-refractivity contribution in [3.05, 3.63) is 4.91 Å². The lowest BCUT2D eigenvalue weighted by molar-refractivity contribution is 0.0384. The van der Waals surface area contributed by atoms with Crippen LogP contribution in [0.5, 0.6) is 0 Å². The van der Waals surface area contributed by atoms with Crippen LogP contribution in [0.1, 0.15) is 20.8 Å². The highest BCUT2D eigenvalue weighted by Crippen LogP contribution is 2.12. The summed E-state index contributed by atoms with van der Waals surface area (Å²) >= 11 is 0. The van der Waals surface area contributed by atoms with E-state index in [1.807, 2.05) is 0 Å². The van der Waals surface area contributed by atoms with E-state index in [-0.39, 0.29) is 5.92 Å². The van der Waals surface area contributed by atoms with Gasteiger partial charge in [-0.25, -0.2) is 0 Å². The van der Waals surface area contributed by atoms with E-state index in [1.54, 1.807) is 13.8 Å². The highest BCUT2D eigenvalue weighted by molar-refractivity contribution is 4.81. The zero-order chi connectivity index (χ0) is 9.02. The largest absolute Gasteiger partial charge is 0.391 e. The van der Waals surface area contributed by atoms with E-state index >= 15 is 0 Å². The Morgan fingerprint density at radius 3 is 1.73 bits per heavy atom. The van der Waals surface area contributed by atoms with Gasteiger partial charge in [-0.05, 0) is 12.8 Å². The van der Waals surface area contributed by atoms with Gasteiger partial charge in [0.2, 0.25) is 0 Å². The molecule has 0 aliphatic carbocycles. The molecule has 11 heavy (non-hydrogen) atoms. The molecule has 0 heterocycles. The van der Waals surface area contributed by atoms with Crippen LogP contribution in [-0.4, -0.2) is 28.5 Å². The van der Waals surface area contributed by atoms with Crippen LogP contribution in [-0.2, 0) is 0 Å². The molecule has 0 aliphatic heterocycles. The van der Waals surface area contributed by atoms with Crippen LogP contribution >= 0.6 is 0 Å². The quantitative estimate of drug-likeness (QED) is 0.590. The molecule has 0 bridgehead atoms. The first-order valence-corrected chi connectivity index (χ1v) is 3.69. The molecule has 0 fully saturated rings. The summed E-state index contributed by atoms with van der Waals surface area (Å²) in [5.41, 5.74) is 0. The zero-order valence-corrected chi connectivity index (χ0v) is 7.06. The number of hydrogen-bond acceptors (Lipinski definition) is 4. The molecule has 0 saturated carbocycles. The minimum atomic E-state index is -0.907. The molecular formula is C7H15NO3. The lowest BCUT2D eigenvalue weighted by Gasteiger charge is -2.21. The summed E-state index contributed by atoms with van der Waals surface area (Å²) < 4.78 is 0. The predicted molar refractivity (Wildman–Crippen MR) is 42.1 cm³/mol. The van der Waals surface area contributed by atoms with Gasteiger partial charge in [-0.15, -0.1) is 0 Å². The van der Waals surface area contributed by atoms with Crippen molar-refractivity contribution < 1.29 is 10.2 Å². The molecule has 0 rings (SSSR count).